The van der Waals surface area contributed by atoms with Crippen LogP contribution in [0.2, 0.25) is 0 Å². The van der Waals surface area contributed by atoms with Crippen LogP contribution in [-0.4, -0.2) is 18.7 Å². The number of hydrogen-bond acceptors (Lipinski definition) is 0. The molecule has 0 aliphatic heterocycles. The normalized spacial score (nSPS) is 11.9. The van der Waals surface area contributed by atoms with Crippen LogP contribution in [0.4, 0.5) is 0 Å². The summed E-state index contributed by atoms with van der Waals surface area (Å²) in [5.74, 6) is 0. The van der Waals surface area contributed by atoms with Gasteiger partial charge in [0, 0.05) is 32.9 Å². The second-order valence-corrected chi connectivity index (χ2v) is 18.0. The minimum absolute atomic E-state index is 0.536. The van der Waals surface area contributed by atoms with E-state index in [4.69, 9.17) is 0 Å². The van der Waals surface area contributed by atoms with E-state index in [2.05, 4.69) is 240 Å². The number of rotatable bonds is 6. The Labute approximate surface area is 367 Å². The lowest BCUT2D eigenvalue weighted by Crippen LogP contribution is -2.26. The summed E-state index contributed by atoms with van der Waals surface area (Å²) in [7, 11) is 0.536. The molecule has 13 aromatic rings. The van der Waals surface area contributed by atoms with Crippen LogP contribution in [0.5, 0.6) is 0 Å². The van der Waals surface area contributed by atoms with Gasteiger partial charge in [0.25, 0.3) is 0 Å². The molecular weight excluding hydrogens is 777 g/mol. The monoisotopic (exact) mass is 814 g/mol. The van der Waals surface area contributed by atoms with Gasteiger partial charge in [-0.05, 0) is 97.0 Å². The van der Waals surface area contributed by atoms with Crippen molar-refractivity contribution in [3.8, 4) is 33.6 Å². The van der Waals surface area contributed by atoms with Gasteiger partial charge in [-0.15, -0.1) is 0 Å². The molecule has 0 amide bonds. The highest BCUT2D eigenvalue weighted by Crippen LogP contribution is 2.47. The van der Waals surface area contributed by atoms with Crippen LogP contribution in [0.1, 0.15) is 0 Å². The first-order valence-corrected chi connectivity index (χ1v) is 22.7. The van der Waals surface area contributed by atoms with Gasteiger partial charge in [-0.25, -0.2) is 0 Å². The first kappa shape index (κ1) is 35.7. The van der Waals surface area contributed by atoms with E-state index in [1.165, 1.54) is 109 Å². The molecule has 2 heterocycles. The number of nitrogens with zero attached hydrogens (tertiary/aromatic N) is 2. The van der Waals surface area contributed by atoms with Gasteiger partial charge in [0.05, 0.1) is 22.1 Å². The van der Waals surface area contributed by atoms with Crippen molar-refractivity contribution in [2.24, 2.45) is 0 Å². The third-order valence-electron chi connectivity index (χ3n) is 13.0. The lowest BCUT2D eigenvalue weighted by atomic mass is 9.84. The Kier molecular flexibility index (Phi) is 8.12. The van der Waals surface area contributed by atoms with Crippen molar-refractivity contribution in [3.63, 3.8) is 0 Å². The summed E-state index contributed by atoms with van der Waals surface area (Å²) in [6.07, 6.45) is 0. The van der Waals surface area contributed by atoms with Crippen molar-refractivity contribution < 1.29 is 0 Å². The summed E-state index contributed by atoms with van der Waals surface area (Å²) in [5, 5.41) is 15.1. The highest BCUT2D eigenvalue weighted by molar-refractivity contribution is 6.67. The fourth-order valence-electron chi connectivity index (χ4n) is 10.4. The number of hydrogen-bond donors (Lipinski definition) is 0. The largest absolute Gasteiger partial charge is 0.309 e. The molecule has 3 heteroatoms. The molecule has 0 N–H and O–H groups in total. The van der Waals surface area contributed by atoms with Crippen molar-refractivity contribution in [3.05, 3.63) is 231 Å². The molecule has 0 atom stereocenters. The Morgan fingerprint density at radius 1 is 0.270 bits per heavy atom. The first-order chi connectivity index (χ1) is 31.3. The SMILES string of the molecule is c1ccc([Si]c2ccc3c(-c4cc(-n5c6ccccc6c6ccccc65)cc(-n5c6ccccc6c6ccccc65)c4)c4ccccc4c(-c4cccc5ccccc45)c3c2)cc1. The van der Waals surface area contributed by atoms with E-state index in [0.717, 1.165) is 11.4 Å². The molecule has 11 aromatic carbocycles. The minimum Gasteiger partial charge on any atom is -0.309 e. The van der Waals surface area contributed by atoms with Crippen LogP contribution in [0, 0.1) is 0 Å². The van der Waals surface area contributed by atoms with E-state index in [0.29, 0.717) is 9.52 Å². The van der Waals surface area contributed by atoms with Crippen LogP contribution in [-0.2, 0) is 0 Å². The Morgan fingerprint density at radius 3 is 1.29 bits per heavy atom. The van der Waals surface area contributed by atoms with Gasteiger partial charge in [-0.2, -0.15) is 0 Å². The van der Waals surface area contributed by atoms with Crippen molar-refractivity contribution in [1.29, 1.82) is 0 Å². The topological polar surface area (TPSA) is 9.86 Å². The molecular formula is C60H38N2Si. The summed E-state index contributed by atoms with van der Waals surface area (Å²) in [6, 6.07) is 85.5. The average Bonchev–Trinajstić information content (AvgIpc) is 3.86. The molecule has 2 aromatic heterocycles. The molecule has 2 nitrogen and oxygen atoms in total. The molecule has 2 radical (unpaired) electrons. The zero-order valence-electron chi connectivity index (χ0n) is 34.3. The smallest absolute Gasteiger partial charge is 0.121 e. The van der Waals surface area contributed by atoms with Gasteiger partial charge in [0.2, 0.25) is 0 Å². The molecule has 0 spiro atoms. The number of aromatic nitrogens is 2. The van der Waals surface area contributed by atoms with E-state index >= 15 is 0 Å². The van der Waals surface area contributed by atoms with Crippen LogP contribution in [0.3, 0.4) is 0 Å². The van der Waals surface area contributed by atoms with Gasteiger partial charge < -0.3 is 9.13 Å². The summed E-state index contributed by atoms with van der Waals surface area (Å²) in [6.45, 7) is 0. The predicted molar refractivity (Wildman–Crippen MR) is 270 cm³/mol. The van der Waals surface area contributed by atoms with Crippen molar-refractivity contribution in [2.75, 3.05) is 0 Å². The van der Waals surface area contributed by atoms with Gasteiger partial charge in [0.15, 0.2) is 0 Å². The Balaban J connectivity index is 1.18. The van der Waals surface area contributed by atoms with Crippen LogP contribution in [0.25, 0.3) is 110 Å². The van der Waals surface area contributed by atoms with E-state index in [1.807, 2.05) is 0 Å². The maximum Gasteiger partial charge on any atom is 0.121 e. The maximum atomic E-state index is 2.48. The second-order valence-electron chi connectivity index (χ2n) is 16.6. The molecule has 0 bridgehead atoms. The molecule has 0 aliphatic carbocycles. The van der Waals surface area contributed by atoms with Gasteiger partial charge in [0.1, 0.15) is 9.52 Å². The lowest BCUT2D eigenvalue weighted by molar-refractivity contribution is 1.14. The minimum atomic E-state index is 0.536. The Hall–Kier alpha value is -7.98. The standard InChI is InChI=1S/C60H38N2Si/c1-2-19-43(20-3-1)63-44-33-34-53-54(38-44)60(50-28-16-18-39-17-4-5-21-45(39)50)52-27-7-6-26-51(52)59(53)40-35-41(61-55-29-12-8-22-46(55)47-23-9-13-30-56(47)61)37-42(36-40)62-57-31-14-10-24-48(57)49-25-11-15-32-58(49)62/h1-38H. The van der Waals surface area contributed by atoms with Crippen LogP contribution in [0.15, 0.2) is 231 Å². The summed E-state index contributed by atoms with van der Waals surface area (Å²) >= 11 is 0. The third-order valence-corrected chi connectivity index (χ3v) is 14.2. The fourth-order valence-corrected chi connectivity index (χ4v) is 11.5. The summed E-state index contributed by atoms with van der Waals surface area (Å²) in [4.78, 5) is 0. The molecule has 0 saturated carbocycles. The van der Waals surface area contributed by atoms with Crippen molar-refractivity contribution >= 4 is 95.8 Å². The van der Waals surface area contributed by atoms with E-state index < -0.39 is 0 Å². The highest BCUT2D eigenvalue weighted by atomic mass is 28.2. The molecule has 0 fully saturated rings. The zero-order chi connectivity index (χ0) is 41.4. The van der Waals surface area contributed by atoms with Crippen LogP contribution < -0.4 is 10.4 Å². The van der Waals surface area contributed by atoms with Gasteiger partial charge in [-0.1, -0.05) is 198 Å². The number of benzene rings is 11. The Morgan fingerprint density at radius 2 is 0.714 bits per heavy atom. The number of fused-ring (bicyclic) bond motifs is 9. The summed E-state index contributed by atoms with van der Waals surface area (Å²) in [5.41, 5.74) is 12.0. The van der Waals surface area contributed by atoms with Crippen molar-refractivity contribution in [2.45, 2.75) is 0 Å². The lowest BCUT2D eigenvalue weighted by Gasteiger charge is -2.21. The molecule has 0 unspecified atom stereocenters. The Bertz CT molecular complexity index is 3700. The third kappa shape index (κ3) is 5.64. The van der Waals surface area contributed by atoms with Crippen LogP contribution >= 0.6 is 0 Å². The van der Waals surface area contributed by atoms with Gasteiger partial charge >= 0.3 is 0 Å². The summed E-state index contributed by atoms with van der Waals surface area (Å²) < 4.78 is 4.94. The maximum absolute atomic E-state index is 2.48. The predicted octanol–water partition coefficient (Wildman–Crippen LogP) is 14.3. The van der Waals surface area contributed by atoms with E-state index in [1.54, 1.807) is 0 Å². The molecule has 0 saturated heterocycles. The van der Waals surface area contributed by atoms with Gasteiger partial charge in [-0.3, -0.25) is 0 Å². The highest BCUT2D eigenvalue weighted by Gasteiger charge is 2.22. The fraction of sp³-hybridized carbons (Fsp3) is 0. The number of para-hydroxylation sites is 4. The average molecular weight is 815 g/mol. The van der Waals surface area contributed by atoms with Crippen molar-refractivity contribution in [1.82, 2.24) is 9.13 Å². The molecule has 13 rings (SSSR count). The first-order valence-electron chi connectivity index (χ1n) is 21.7. The van der Waals surface area contributed by atoms with E-state index in [9.17, 15) is 0 Å². The zero-order valence-corrected chi connectivity index (χ0v) is 35.3. The molecule has 0 aliphatic rings. The second kappa shape index (κ2) is 14.3. The van der Waals surface area contributed by atoms with E-state index in [-0.39, 0.29) is 0 Å². The molecule has 63 heavy (non-hydrogen) atoms. The molecule has 292 valence electrons. The quantitative estimate of drug-likeness (QED) is 0.117.